The molecule has 24 heavy (non-hydrogen) atoms. The van der Waals surface area contributed by atoms with E-state index in [2.05, 4.69) is 5.16 Å². The number of nitrogen functional groups attached to an aromatic ring is 1. The van der Waals surface area contributed by atoms with Gasteiger partial charge in [-0.15, -0.1) is 0 Å². The molecule has 1 amide bonds. The summed E-state index contributed by atoms with van der Waals surface area (Å²) in [6.45, 7) is 1.14. The van der Waals surface area contributed by atoms with Gasteiger partial charge in [0.1, 0.15) is 0 Å². The molecule has 5 nitrogen and oxygen atoms in total. The van der Waals surface area contributed by atoms with E-state index in [9.17, 15) is 4.79 Å². The van der Waals surface area contributed by atoms with Crippen molar-refractivity contribution in [3.05, 3.63) is 45.1 Å². The zero-order chi connectivity index (χ0) is 16.8. The first-order valence-corrected chi connectivity index (χ1v) is 8.77. The van der Waals surface area contributed by atoms with Crippen LogP contribution in [0.1, 0.15) is 35.6 Å². The van der Waals surface area contributed by atoms with Crippen LogP contribution in [0.25, 0.3) is 0 Å². The lowest BCUT2D eigenvalue weighted by molar-refractivity contribution is -0.140. The topological polar surface area (TPSA) is 72.4 Å². The molecule has 4 rings (SSSR count). The summed E-state index contributed by atoms with van der Waals surface area (Å²) in [6.07, 6.45) is 2.57. The van der Waals surface area contributed by atoms with Crippen LogP contribution in [0.4, 0.5) is 5.88 Å². The van der Waals surface area contributed by atoms with Crippen LogP contribution in [0, 0.1) is 5.92 Å². The number of hydrogen-bond donors (Lipinski definition) is 1. The summed E-state index contributed by atoms with van der Waals surface area (Å²) in [5.41, 5.74) is 8.60. The summed E-state index contributed by atoms with van der Waals surface area (Å²) >= 11 is 12.1. The maximum Gasteiger partial charge on any atom is 0.227 e. The normalized spacial score (nSPS) is 22.8. The molecule has 126 valence electrons. The molecule has 1 aliphatic carbocycles. The molecule has 2 atom stereocenters. The molecule has 2 N–H and O–H groups in total. The van der Waals surface area contributed by atoms with Crippen LogP contribution in [0.3, 0.4) is 0 Å². The molecule has 0 saturated heterocycles. The highest BCUT2D eigenvalue weighted by atomic mass is 35.5. The summed E-state index contributed by atoms with van der Waals surface area (Å²) in [6, 6.07) is 5.63. The minimum Gasteiger partial charge on any atom is -0.367 e. The fourth-order valence-electron chi connectivity index (χ4n) is 3.59. The van der Waals surface area contributed by atoms with E-state index in [1.807, 2.05) is 17.0 Å². The molecule has 2 heterocycles. The minimum atomic E-state index is -0.00937. The molecule has 2 unspecified atom stereocenters. The first-order valence-electron chi connectivity index (χ1n) is 8.01. The van der Waals surface area contributed by atoms with Crippen LogP contribution in [0.5, 0.6) is 0 Å². The first-order chi connectivity index (χ1) is 11.5. The molecule has 0 bridgehead atoms. The molecule has 1 aromatic carbocycles. The van der Waals surface area contributed by atoms with Gasteiger partial charge in [0.15, 0.2) is 0 Å². The van der Waals surface area contributed by atoms with Crippen molar-refractivity contribution in [2.45, 2.75) is 31.7 Å². The Balaban J connectivity index is 1.51. The van der Waals surface area contributed by atoms with Gasteiger partial charge in [-0.3, -0.25) is 4.79 Å². The Hall–Kier alpha value is -1.72. The number of carbonyl (C=O) groups excluding carboxylic acids is 1. The molecule has 0 spiro atoms. The third-order valence-corrected chi connectivity index (χ3v) is 5.88. The maximum atomic E-state index is 12.9. The number of anilines is 1. The third-order valence-electron chi connectivity index (χ3n) is 5.14. The van der Waals surface area contributed by atoms with Gasteiger partial charge in [0.2, 0.25) is 11.8 Å². The molecule has 7 heteroatoms. The van der Waals surface area contributed by atoms with Gasteiger partial charge in [-0.1, -0.05) is 34.4 Å². The zero-order valence-corrected chi connectivity index (χ0v) is 14.5. The van der Waals surface area contributed by atoms with E-state index in [1.165, 1.54) is 0 Å². The van der Waals surface area contributed by atoms with E-state index < -0.39 is 0 Å². The van der Waals surface area contributed by atoms with E-state index in [0.717, 1.165) is 29.7 Å². The van der Waals surface area contributed by atoms with Gasteiger partial charge >= 0.3 is 0 Å². The van der Waals surface area contributed by atoms with Crippen molar-refractivity contribution in [2.75, 3.05) is 12.3 Å². The number of aromatic nitrogens is 1. The number of carbonyl (C=O) groups is 1. The van der Waals surface area contributed by atoms with Crippen molar-refractivity contribution in [3.8, 4) is 0 Å². The Morgan fingerprint density at radius 2 is 2.12 bits per heavy atom. The van der Waals surface area contributed by atoms with Gasteiger partial charge in [-0.2, -0.15) is 0 Å². The quantitative estimate of drug-likeness (QED) is 0.881. The number of nitrogens with zero attached hydrogens (tertiary/aromatic N) is 2. The Morgan fingerprint density at radius 1 is 1.29 bits per heavy atom. The van der Waals surface area contributed by atoms with E-state index in [-0.39, 0.29) is 17.7 Å². The fourth-order valence-corrected chi connectivity index (χ4v) is 3.90. The molecule has 1 aromatic heterocycles. The largest absolute Gasteiger partial charge is 0.367 e. The lowest BCUT2D eigenvalue weighted by Gasteiger charge is -2.40. The van der Waals surface area contributed by atoms with Crippen LogP contribution in [-0.2, 0) is 17.8 Å². The SMILES string of the molecule is Nc1onc2c1CN(C(=O)C1CCC1c1ccc(Cl)c(Cl)c1)CC2. The smallest absolute Gasteiger partial charge is 0.227 e. The number of rotatable bonds is 2. The van der Waals surface area contributed by atoms with Gasteiger partial charge in [-0.05, 0) is 36.5 Å². The number of benzene rings is 1. The van der Waals surface area contributed by atoms with Gasteiger partial charge in [0, 0.05) is 18.9 Å². The first kappa shape index (κ1) is 15.8. The van der Waals surface area contributed by atoms with E-state index in [1.54, 1.807) is 6.07 Å². The van der Waals surface area contributed by atoms with E-state index >= 15 is 0 Å². The lowest BCUT2D eigenvalue weighted by atomic mass is 9.69. The number of fused-ring (bicyclic) bond motifs is 1. The molecule has 1 saturated carbocycles. The highest BCUT2D eigenvalue weighted by molar-refractivity contribution is 6.42. The highest BCUT2D eigenvalue weighted by Gasteiger charge is 2.41. The van der Waals surface area contributed by atoms with Gasteiger partial charge in [0.05, 0.1) is 27.8 Å². The van der Waals surface area contributed by atoms with Crippen LogP contribution >= 0.6 is 23.2 Å². The van der Waals surface area contributed by atoms with Crippen LogP contribution < -0.4 is 5.73 Å². The Kier molecular flexibility index (Phi) is 3.93. The summed E-state index contributed by atoms with van der Waals surface area (Å²) in [5.74, 6) is 0.680. The highest BCUT2D eigenvalue weighted by Crippen LogP contribution is 2.45. The van der Waals surface area contributed by atoms with Crippen molar-refractivity contribution < 1.29 is 9.32 Å². The van der Waals surface area contributed by atoms with Crippen molar-refractivity contribution in [1.82, 2.24) is 10.1 Å². The maximum absolute atomic E-state index is 12.9. The second kappa shape index (κ2) is 5.97. The second-order valence-electron chi connectivity index (χ2n) is 6.45. The summed E-state index contributed by atoms with van der Waals surface area (Å²) in [5, 5.41) is 5.02. The molecule has 0 radical (unpaired) electrons. The van der Waals surface area contributed by atoms with Gasteiger partial charge in [0.25, 0.3) is 0 Å². The zero-order valence-electron chi connectivity index (χ0n) is 13.0. The van der Waals surface area contributed by atoms with Crippen LogP contribution in [0.2, 0.25) is 10.0 Å². The fraction of sp³-hybridized carbons (Fsp3) is 0.412. The van der Waals surface area contributed by atoms with Crippen molar-refractivity contribution in [2.24, 2.45) is 5.92 Å². The minimum absolute atomic E-state index is 0.00937. The Labute approximate surface area is 149 Å². The molecule has 1 fully saturated rings. The number of hydrogen-bond acceptors (Lipinski definition) is 4. The molecule has 2 aliphatic rings. The third kappa shape index (κ3) is 2.56. The van der Waals surface area contributed by atoms with E-state index in [0.29, 0.717) is 35.4 Å². The Morgan fingerprint density at radius 3 is 2.83 bits per heavy atom. The number of halogens is 2. The average Bonchev–Trinajstić information content (AvgIpc) is 2.91. The Bertz CT molecular complexity index is 805. The monoisotopic (exact) mass is 365 g/mol. The second-order valence-corrected chi connectivity index (χ2v) is 7.26. The molecular weight excluding hydrogens is 349 g/mol. The lowest BCUT2D eigenvalue weighted by Crippen LogP contribution is -2.44. The number of nitrogens with two attached hydrogens (primary N) is 1. The van der Waals surface area contributed by atoms with Crippen molar-refractivity contribution in [1.29, 1.82) is 0 Å². The van der Waals surface area contributed by atoms with Crippen molar-refractivity contribution >= 4 is 35.0 Å². The molecular formula is C17H17Cl2N3O2. The van der Waals surface area contributed by atoms with Gasteiger partial charge in [-0.25, -0.2) is 0 Å². The summed E-state index contributed by atoms with van der Waals surface area (Å²) in [4.78, 5) is 14.8. The average molecular weight is 366 g/mol. The number of amides is 1. The van der Waals surface area contributed by atoms with Gasteiger partial charge < -0.3 is 15.2 Å². The van der Waals surface area contributed by atoms with Crippen LogP contribution in [0.15, 0.2) is 22.7 Å². The van der Waals surface area contributed by atoms with Crippen LogP contribution in [-0.4, -0.2) is 22.5 Å². The standard InChI is InChI=1S/C17H17Cl2N3O2/c18-13-4-1-9(7-14(13)19)10-2-3-11(10)17(23)22-6-5-15-12(8-22)16(20)24-21-15/h1,4,7,10-11H,2-3,5-6,8,20H2. The summed E-state index contributed by atoms with van der Waals surface area (Å²) < 4.78 is 5.02. The predicted octanol–water partition coefficient (Wildman–Crippen LogP) is 3.64. The van der Waals surface area contributed by atoms with Crippen molar-refractivity contribution in [3.63, 3.8) is 0 Å². The molecule has 2 aromatic rings. The van der Waals surface area contributed by atoms with E-state index in [4.69, 9.17) is 33.5 Å². The molecule has 1 aliphatic heterocycles. The summed E-state index contributed by atoms with van der Waals surface area (Å²) in [7, 11) is 0. The predicted molar refractivity (Wildman–Crippen MR) is 92.0 cm³/mol.